The first-order chi connectivity index (χ1) is 15.4. The van der Waals surface area contributed by atoms with Crippen LogP contribution in [0.25, 0.3) is 0 Å². The minimum Gasteiger partial charge on any atom is -0.399 e. The average molecular weight is 448 g/mol. The van der Waals surface area contributed by atoms with Gasteiger partial charge >= 0.3 is 7.12 Å². The summed E-state index contributed by atoms with van der Waals surface area (Å²) in [6.45, 7) is 14.5. The molecule has 4 nitrogen and oxygen atoms in total. The van der Waals surface area contributed by atoms with E-state index < -0.39 is 35.3 Å². The van der Waals surface area contributed by atoms with Gasteiger partial charge in [-0.05, 0) is 70.1 Å². The molecular weight excluding hydrogens is 414 g/mol. The molecule has 3 aliphatic rings. The van der Waals surface area contributed by atoms with Crippen molar-refractivity contribution in [3.8, 4) is 0 Å². The summed E-state index contributed by atoms with van der Waals surface area (Å²) in [5.74, 6) is 0.736. The van der Waals surface area contributed by atoms with Gasteiger partial charge in [0, 0.05) is 22.6 Å². The van der Waals surface area contributed by atoms with Crippen LogP contribution in [0, 0.1) is 5.41 Å². The van der Waals surface area contributed by atoms with Crippen molar-refractivity contribution in [1.82, 2.24) is 4.98 Å². The van der Waals surface area contributed by atoms with Gasteiger partial charge in [0.1, 0.15) is 12.0 Å². The first-order valence-corrected chi connectivity index (χ1v) is 11.9. The lowest BCUT2D eigenvalue weighted by Gasteiger charge is -2.47. The lowest BCUT2D eigenvalue weighted by molar-refractivity contribution is 0.00578. The summed E-state index contributed by atoms with van der Waals surface area (Å²) < 4.78 is 28.4. The number of rotatable bonds is 2. The van der Waals surface area contributed by atoms with Gasteiger partial charge in [0.05, 0.1) is 16.9 Å². The van der Waals surface area contributed by atoms with Crippen LogP contribution in [0.3, 0.4) is 0 Å². The van der Waals surface area contributed by atoms with E-state index in [2.05, 4.69) is 75.3 Å². The van der Waals surface area contributed by atoms with E-state index in [4.69, 9.17) is 9.31 Å². The van der Waals surface area contributed by atoms with Crippen LogP contribution in [-0.4, -0.2) is 29.5 Å². The Morgan fingerprint density at radius 3 is 2.39 bits per heavy atom. The molecule has 0 saturated carbocycles. The first kappa shape index (κ1) is 22.6. The molecule has 0 spiro atoms. The maximum atomic E-state index is 15.8. The lowest BCUT2D eigenvalue weighted by Crippen LogP contribution is -2.44. The Labute approximate surface area is 197 Å². The quantitative estimate of drug-likeness (QED) is 0.614. The number of aromatic nitrogens is 1. The van der Waals surface area contributed by atoms with Crippen molar-refractivity contribution in [3.63, 3.8) is 0 Å². The van der Waals surface area contributed by atoms with Crippen molar-refractivity contribution >= 4 is 18.4 Å². The summed E-state index contributed by atoms with van der Waals surface area (Å²) >= 11 is 0. The second-order valence-electron chi connectivity index (χ2n) is 11.6. The van der Waals surface area contributed by atoms with E-state index in [-0.39, 0.29) is 0 Å². The number of allylic oxidation sites excluding steroid dienone is 2. The highest BCUT2D eigenvalue weighted by molar-refractivity contribution is 6.62. The van der Waals surface area contributed by atoms with Crippen LogP contribution in [0.5, 0.6) is 0 Å². The topological polar surface area (TPSA) is 43.4 Å². The van der Waals surface area contributed by atoms with Crippen LogP contribution in [0.15, 0.2) is 53.9 Å². The average Bonchev–Trinajstić information content (AvgIpc) is 2.98. The van der Waals surface area contributed by atoms with E-state index in [9.17, 15) is 0 Å². The van der Waals surface area contributed by atoms with E-state index in [1.165, 1.54) is 0 Å². The highest BCUT2D eigenvalue weighted by Gasteiger charge is 2.52. The normalized spacial score (nSPS) is 29.3. The Kier molecular flexibility index (Phi) is 4.91. The van der Waals surface area contributed by atoms with Crippen molar-refractivity contribution in [1.29, 1.82) is 0 Å². The molecule has 33 heavy (non-hydrogen) atoms. The number of pyridine rings is 1. The van der Waals surface area contributed by atoms with Crippen LogP contribution < -0.4 is 10.8 Å². The molecule has 2 aliphatic heterocycles. The standard InChI is InChI=1S/C27H34BFN2O2/c1-24(2)14-13-19-21(22(24)29)31-23-20(12-9-15-30-23)27(19,7)17-10-8-11-18(16-17)28-32-25(3,4)26(5,6)33-28/h8-12,15-16,22H,13-14H2,1-7H3,(H,30,31). The lowest BCUT2D eigenvalue weighted by atomic mass is 9.61. The molecule has 1 N–H and O–H groups in total. The monoisotopic (exact) mass is 448 g/mol. The summed E-state index contributed by atoms with van der Waals surface area (Å²) in [7, 11) is -0.443. The minimum atomic E-state index is -1.07. The Bertz CT molecular complexity index is 1130. The predicted molar refractivity (Wildman–Crippen MR) is 131 cm³/mol. The van der Waals surface area contributed by atoms with Gasteiger partial charge in [0.25, 0.3) is 0 Å². The van der Waals surface area contributed by atoms with Crippen LogP contribution in [0.1, 0.15) is 72.4 Å². The molecule has 2 atom stereocenters. The van der Waals surface area contributed by atoms with E-state index in [1.54, 1.807) is 6.20 Å². The molecule has 1 saturated heterocycles. The summed E-state index contributed by atoms with van der Waals surface area (Å²) in [5, 5.41) is 3.36. The Morgan fingerprint density at radius 2 is 1.70 bits per heavy atom. The molecule has 0 amide bonds. The molecule has 1 aromatic heterocycles. The summed E-state index contributed by atoms with van der Waals surface area (Å²) in [6, 6.07) is 12.5. The summed E-state index contributed by atoms with van der Waals surface area (Å²) in [5.41, 5.74) is 3.22. The highest BCUT2D eigenvalue weighted by atomic mass is 19.1. The third-order valence-electron chi connectivity index (χ3n) is 8.48. The number of nitrogens with zero attached hydrogens (tertiary/aromatic N) is 1. The maximum absolute atomic E-state index is 15.8. The molecular formula is C27H34BFN2O2. The number of alkyl halides is 1. The molecule has 1 aromatic carbocycles. The molecule has 3 heterocycles. The van der Waals surface area contributed by atoms with Gasteiger partial charge in [-0.3, -0.25) is 0 Å². The largest absolute Gasteiger partial charge is 0.494 e. The highest BCUT2D eigenvalue weighted by Crippen LogP contribution is 2.53. The van der Waals surface area contributed by atoms with Gasteiger partial charge < -0.3 is 14.6 Å². The zero-order chi connectivity index (χ0) is 23.8. The fraction of sp³-hybridized carbons (Fsp3) is 0.519. The summed E-state index contributed by atoms with van der Waals surface area (Å²) in [6.07, 6.45) is 2.33. The molecule has 174 valence electrons. The van der Waals surface area contributed by atoms with Gasteiger partial charge in [0.15, 0.2) is 0 Å². The minimum absolute atomic E-state index is 0.408. The van der Waals surface area contributed by atoms with Gasteiger partial charge in [-0.1, -0.05) is 44.2 Å². The van der Waals surface area contributed by atoms with Crippen molar-refractivity contribution in [2.45, 2.75) is 84.1 Å². The fourth-order valence-corrected chi connectivity index (χ4v) is 5.41. The Morgan fingerprint density at radius 1 is 1.00 bits per heavy atom. The number of fused-ring (bicyclic) bond motifs is 1. The zero-order valence-electron chi connectivity index (χ0n) is 20.8. The number of hydrogen-bond acceptors (Lipinski definition) is 4. The van der Waals surface area contributed by atoms with E-state index in [0.717, 1.165) is 40.8 Å². The SMILES string of the molecule is CC1(c2cccc(B3OC(C)(C)C(C)(C)O3)c2)C2=C(Nc3ncccc31)C(F)C(C)(C)CC2. The van der Waals surface area contributed by atoms with Gasteiger partial charge in [-0.25, -0.2) is 9.37 Å². The smallest absolute Gasteiger partial charge is 0.399 e. The van der Waals surface area contributed by atoms with Gasteiger partial charge in [-0.15, -0.1) is 0 Å². The fourth-order valence-electron chi connectivity index (χ4n) is 5.41. The molecule has 5 rings (SSSR count). The maximum Gasteiger partial charge on any atom is 0.494 e. The molecule has 6 heteroatoms. The van der Waals surface area contributed by atoms with Crippen molar-refractivity contribution in [2.75, 3.05) is 5.32 Å². The van der Waals surface area contributed by atoms with Crippen molar-refractivity contribution < 1.29 is 13.7 Å². The number of nitrogens with one attached hydrogen (secondary N) is 1. The van der Waals surface area contributed by atoms with Gasteiger partial charge in [0.2, 0.25) is 0 Å². The molecule has 0 bridgehead atoms. The van der Waals surface area contributed by atoms with E-state index in [0.29, 0.717) is 5.70 Å². The van der Waals surface area contributed by atoms with Crippen molar-refractivity contribution in [3.05, 3.63) is 65.0 Å². The third kappa shape index (κ3) is 3.29. The van der Waals surface area contributed by atoms with Crippen LogP contribution >= 0.6 is 0 Å². The van der Waals surface area contributed by atoms with Crippen LogP contribution in [0.4, 0.5) is 10.2 Å². The molecule has 1 fully saturated rings. The molecule has 0 radical (unpaired) electrons. The van der Waals surface area contributed by atoms with E-state index in [1.807, 2.05) is 19.9 Å². The summed E-state index contributed by atoms with van der Waals surface area (Å²) in [4.78, 5) is 4.59. The molecule has 1 aliphatic carbocycles. The zero-order valence-corrected chi connectivity index (χ0v) is 20.8. The Hall–Kier alpha value is -2.18. The molecule has 2 unspecified atom stereocenters. The number of benzene rings is 1. The Balaban J connectivity index is 1.65. The van der Waals surface area contributed by atoms with Crippen LogP contribution in [-0.2, 0) is 14.7 Å². The van der Waals surface area contributed by atoms with E-state index >= 15 is 4.39 Å². The predicted octanol–water partition coefficient (Wildman–Crippen LogP) is 5.52. The number of halogens is 1. The number of hydrogen-bond donors (Lipinski definition) is 1. The van der Waals surface area contributed by atoms with Crippen LogP contribution in [0.2, 0.25) is 0 Å². The number of anilines is 1. The third-order valence-corrected chi connectivity index (χ3v) is 8.48. The van der Waals surface area contributed by atoms with Crippen molar-refractivity contribution in [2.24, 2.45) is 5.41 Å². The second kappa shape index (κ2) is 7.16. The molecule has 2 aromatic rings. The first-order valence-electron chi connectivity index (χ1n) is 11.9. The van der Waals surface area contributed by atoms with Gasteiger partial charge in [-0.2, -0.15) is 0 Å². The second-order valence-corrected chi connectivity index (χ2v) is 11.6.